The molecular formula is C19H19NO4. The molecule has 0 saturated carbocycles. The Kier molecular flexibility index (Phi) is 4.16. The first-order valence-electron chi connectivity index (χ1n) is 7.48. The summed E-state index contributed by atoms with van der Waals surface area (Å²) in [6.45, 7) is 2.01. The van der Waals surface area contributed by atoms with Crippen molar-refractivity contribution >= 4 is 10.9 Å². The molecule has 5 nitrogen and oxygen atoms in total. The molecule has 2 aromatic carbocycles. The third-order valence-electron chi connectivity index (χ3n) is 3.98. The fraction of sp³-hybridized carbons (Fsp3) is 0.211. The molecule has 0 fully saturated rings. The van der Waals surface area contributed by atoms with E-state index < -0.39 is 0 Å². The maximum absolute atomic E-state index is 9.81. The molecule has 0 radical (unpaired) electrons. The Bertz CT molecular complexity index is 905. The fourth-order valence-corrected chi connectivity index (χ4v) is 2.76. The molecule has 5 heteroatoms. The topological polar surface area (TPSA) is 60.8 Å². The van der Waals surface area contributed by atoms with Gasteiger partial charge in [0.25, 0.3) is 0 Å². The SMILES string of the molecule is COc1cc2nc(-c3cc(O)ccc3OC)cc(C)c2cc1OC. The number of methoxy groups -OCH3 is 3. The highest BCUT2D eigenvalue weighted by Crippen LogP contribution is 2.37. The van der Waals surface area contributed by atoms with E-state index in [2.05, 4.69) is 0 Å². The van der Waals surface area contributed by atoms with E-state index in [1.165, 1.54) is 0 Å². The highest BCUT2D eigenvalue weighted by atomic mass is 16.5. The van der Waals surface area contributed by atoms with Gasteiger partial charge in [-0.1, -0.05) is 0 Å². The molecule has 1 aromatic heterocycles. The van der Waals surface area contributed by atoms with Gasteiger partial charge in [-0.3, -0.25) is 0 Å². The van der Waals surface area contributed by atoms with Gasteiger partial charge in [-0.2, -0.15) is 0 Å². The minimum absolute atomic E-state index is 0.165. The van der Waals surface area contributed by atoms with E-state index in [1.807, 2.05) is 25.1 Å². The summed E-state index contributed by atoms with van der Waals surface area (Å²) in [6, 6.07) is 10.7. The van der Waals surface area contributed by atoms with Crippen molar-refractivity contribution in [1.29, 1.82) is 0 Å². The normalized spacial score (nSPS) is 10.7. The van der Waals surface area contributed by atoms with Crippen molar-refractivity contribution < 1.29 is 19.3 Å². The van der Waals surface area contributed by atoms with Gasteiger partial charge in [0.05, 0.1) is 32.5 Å². The molecule has 124 valence electrons. The molecule has 3 aromatic rings. The molecule has 0 atom stereocenters. The van der Waals surface area contributed by atoms with Gasteiger partial charge in [0.2, 0.25) is 0 Å². The first-order chi connectivity index (χ1) is 11.6. The zero-order valence-electron chi connectivity index (χ0n) is 14.1. The number of rotatable bonds is 4. The van der Waals surface area contributed by atoms with Crippen LogP contribution in [0.2, 0.25) is 0 Å². The van der Waals surface area contributed by atoms with Crippen molar-refractivity contribution in [1.82, 2.24) is 4.98 Å². The van der Waals surface area contributed by atoms with Crippen molar-refractivity contribution in [3.63, 3.8) is 0 Å². The van der Waals surface area contributed by atoms with Gasteiger partial charge in [0.1, 0.15) is 11.5 Å². The van der Waals surface area contributed by atoms with Gasteiger partial charge in [-0.25, -0.2) is 4.98 Å². The van der Waals surface area contributed by atoms with Crippen molar-refractivity contribution in [3.8, 4) is 34.3 Å². The monoisotopic (exact) mass is 325 g/mol. The van der Waals surface area contributed by atoms with Crippen LogP contribution in [0.5, 0.6) is 23.0 Å². The Morgan fingerprint density at radius 2 is 1.50 bits per heavy atom. The number of hydrogen-bond acceptors (Lipinski definition) is 5. The van der Waals surface area contributed by atoms with Gasteiger partial charge in [0, 0.05) is 17.0 Å². The number of benzene rings is 2. The molecule has 0 unspecified atom stereocenters. The van der Waals surface area contributed by atoms with Crippen LogP contribution >= 0.6 is 0 Å². The lowest BCUT2D eigenvalue weighted by Crippen LogP contribution is -1.95. The Balaban J connectivity index is 2.26. The summed E-state index contributed by atoms with van der Waals surface area (Å²) in [6.07, 6.45) is 0. The summed E-state index contributed by atoms with van der Waals surface area (Å²) in [5.41, 5.74) is 3.28. The van der Waals surface area contributed by atoms with Crippen molar-refractivity contribution in [3.05, 3.63) is 42.0 Å². The number of pyridine rings is 1. The van der Waals surface area contributed by atoms with Crippen LogP contribution < -0.4 is 14.2 Å². The van der Waals surface area contributed by atoms with Crippen LogP contribution in [-0.4, -0.2) is 31.4 Å². The van der Waals surface area contributed by atoms with Crippen LogP contribution in [0.4, 0.5) is 0 Å². The molecule has 1 N–H and O–H groups in total. The molecule has 0 saturated heterocycles. The first kappa shape index (κ1) is 15.9. The molecule has 0 aliphatic carbocycles. The summed E-state index contributed by atoms with van der Waals surface area (Å²) in [5.74, 6) is 2.10. The number of hydrogen-bond donors (Lipinski definition) is 1. The second kappa shape index (κ2) is 6.28. The lowest BCUT2D eigenvalue weighted by molar-refractivity contribution is 0.356. The second-order valence-corrected chi connectivity index (χ2v) is 5.43. The highest BCUT2D eigenvalue weighted by Gasteiger charge is 2.13. The van der Waals surface area contributed by atoms with Crippen LogP contribution in [0.25, 0.3) is 22.2 Å². The second-order valence-electron chi connectivity index (χ2n) is 5.43. The molecule has 0 amide bonds. The summed E-state index contributed by atoms with van der Waals surface area (Å²) in [4.78, 5) is 4.71. The quantitative estimate of drug-likeness (QED) is 0.787. The van der Waals surface area contributed by atoms with Crippen LogP contribution in [0.3, 0.4) is 0 Å². The van der Waals surface area contributed by atoms with Gasteiger partial charge in [-0.05, 0) is 42.8 Å². The Labute approximate surface area is 140 Å². The Morgan fingerprint density at radius 1 is 0.833 bits per heavy atom. The molecule has 0 bridgehead atoms. The molecule has 0 aliphatic rings. The van der Waals surface area contributed by atoms with Crippen molar-refractivity contribution in [2.24, 2.45) is 0 Å². The predicted molar refractivity (Wildman–Crippen MR) is 93.2 cm³/mol. The average molecular weight is 325 g/mol. The number of aryl methyl sites for hydroxylation is 1. The van der Waals surface area contributed by atoms with E-state index in [0.717, 1.165) is 27.7 Å². The zero-order chi connectivity index (χ0) is 17.3. The van der Waals surface area contributed by atoms with Crippen LogP contribution in [-0.2, 0) is 0 Å². The number of phenolic OH excluding ortho intramolecular Hbond substituents is 1. The molecule has 24 heavy (non-hydrogen) atoms. The summed E-state index contributed by atoms with van der Waals surface area (Å²) in [7, 11) is 4.80. The third kappa shape index (κ3) is 2.69. The van der Waals surface area contributed by atoms with E-state index in [0.29, 0.717) is 17.2 Å². The van der Waals surface area contributed by atoms with Gasteiger partial charge in [0.15, 0.2) is 11.5 Å². The fourth-order valence-electron chi connectivity index (χ4n) is 2.76. The van der Waals surface area contributed by atoms with Gasteiger partial charge >= 0.3 is 0 Å². The van der Waals surface area contributed by atoms with E-state index in [9.17, 15) is 5.11 Å². The van der Waals surface area contributed by atoms with Gasteiger partial charge in [-0.15, -0.1) is 0 Å². The number of fused-ring (bicyclic) bond motifs is 1. The number of aromatic nitrogens is 1. The summed E-state index contributed by atoms with van der Waals surface area (Å²) < 4.78 is 16.1. The smallest absolute Gasteiger partial charge is 0.162 e. The predicted octanol–water partition coefficient (Wildman–Crippen LogP) is 3.94. The molecule has 1 heterocycles. The molecular weight excluding hydrogens is 306 g/mol. The van der Waals surface area contributed by atoms with Crippen molar-refractivity contribution in [2.75, 3.05) is 21.3 Å². The van der Waals surface area contributed by atoms with Crippen molar-refractivity contribution in [2.45, 2.75) is 6.92 Å². The maximum atomic E-state index is 9.81. The number of phenols is 1. The summed E-state index contributed by atoms with van der Waals surface area (Å²) in [5, 5.41) is 10.8. The first-order valence-corrected chi connectivity index (χ1v) is 7.48. The van der Waals surface area contributed by atoms with Crippen LogP contribution in [0, 0.1) is 6.92 Å². The Morgan fingerprint density at radius 3 is 2.17 bits per heavy atom. The molecule has 3 rings (SSSR count). The Hall–Kier alpha value is -2.95. The minimum atomic E-state index is 0.165. The number of ether oxygens (including phenoxy) is 3. The summed E-state index contributed by atoms with van der Waals surface area (Å²) >= 11 is 0. The van der Waals surface area contributed by atoms with Crippen LogP contribution in [0.1, 0.15) is 5.56 Å². The van der Waals surface area contributed by atoms with E-state index in [4.69, 9.17) is 19.2 Å². The van der Waals surface area contributed by atoms with Crippen LogP contribution in [0.15, 0.2) is 36.4 Å². The van der Waals surface area contributed by atoms with E-state index in [1.54, 1.807) is 39.5 Å². The molecule has 0 aliphatic heterocycles. The number of nitrogens with zero attached hydrogens (tertiary/aromatic N) is 1. The zero-order valence-corrected chi connectivity index (χ0v) is 14.1. The lowest BCUT2D eigenvalue weighted by Gasteiger charge is -2.13. The largest absolute Gasteiger partial charge is 0.508 e. The average Bonchev–Trinajstić information content (AvgIpc) is 2.60. The third-order valence-corrected chi connectivity index (χ3v) is 3.98. The van der Waals surface area contributed by atoms with E-state index >= 15 is 0 Å². The lowest BCUT2D eigenvalue weighted by atomic mass is 10.0. The maximum Gasteiger partial charge on any atom is 0.162 e. The number of aromatic hydroxyl groups is 1. The highest BCUT2D eigenvalue weighted by molar-refractivity contribution is 5.88. The van der Waals surface area contributed by atoms with Gasteiger partial charge < -0.3 is 19.3 Å². The standard InChI is InChI=1S/C19H19NO4/c1-11-7-15(14-8-12(21)5-6-17(14)22-2)20-16-10-19(24-4)18(23-3)9-13(11)16/h5-10,21H,1-4H3. The molecule has 0 spiro atoms. The van der Waals surface area contributed by atoms with E-state index in [-0.39, 0.29) is 5.75 Å². The minimum Gasteiger partial charge on any atom is -0.508 e.